The van der Waals surface area contributed by atoms with E-state index in [0.29, 0.717) is 6.54 Å². The molecule has 0 spiro atoms. The van der Waals surface area contributed by atoms with Gasteiger partial charge in [-0.25, -0.2) is 0 Å². The molecule has 2 rings (SSSR count). The molecule has 1 aromatic rings. The SMILES string of the molecule is Cc1cc2c(c(C)n1)C(=O)CN2. The van der Waals surface area contributed by atoms with Crippen molar-refractivity contribution >= 4 is 11.5 Å². The molecular weight excluding hydrogens is 152 g/mol. The molecule has 1 aliphatic rings. The zero-order valence-corrected chi connectivity index (χ0v) is 7.14. The second-order valence-corrected chi connectivity index (χ2v) is 3.05. The Morgan fingerprint density at radius 2 is 2.25 bits per heavy atom. The van der Waals surface area contributed by atoms with Crippen LogP contribution in [-0.4, -0.2) is 17.3 Å². The summed E-state index contributed by atoms with van der Waals surface area (Å²) >= 11 is 0. The summed E-state index contributed by atoms with van der Waals surface area (Å²) in [4.78, 5) is 15.5. The quantitative estimate of drug-likeness (QED) is 0.625. The monoisotopic (exact) mass is 162 g/mol. The van der Waals surface area contributed by atoms with E-state index in [0.717, 1.165) is 22.6 Å². The third-order valence-corrected chi connectivity index (χ3v) is 2.05. The first-order valence-electron chi connectivity index (χ1n) is 3.94. The average molecular weight is 162 g/mol. The van der Waals surface area contributed by atoms with Gasteiger partial charge in [0.25, 0.3) is 0 Å². The molecule has 0 aromatic carbocycles. The van der Waals surface area contributed by atoms with Crippen LogP contribution in [0.5, 0.6) is 0 Å². The summed E-state index contributed by atoms with van der Waals surface area (Å²) in [6.07, 6.45) is 0. The van der Waals surface area contributed by atoms with Gasteiger partial charge in [0, 0.05) is 11.4 Å². The number of rotatable bonds is 0. The molecule has 0 radical (unpaired) electrons. The lowest BCUT2D eigenvalue weighted by Crippen LogP contribution is -2.02. The Morgan fingerprint density at radius 1 is 1.50 bits per heavy atom. The molecule has 0 bridgehead atoms. The van der Waals surface area contributed by atoms with Crippen LogP contribution in [-0.2, 0) is 0 Å². The van der Waals surface area contributed by atoms with E-state index in [4.69, 9.17) is 0 Å². The minimum atomic E-state index is 0.148. The zero-order valence-electron chi connectivity index (χ0n) is 7.14. The largest absolute Gasteiger partial charge is 0.377 e. The molecular formula is C9H10N2O. The van der Waals surface area contributed by atoms with Gasteiger partial charge in [0.1, 0.15) is 0 Å². The fourth-order valence-electron chi connectivity index (χ4n) is 1.58. The molecule has 62 valence electrons. The molecule has 2 heterocycles. The molecule has 3 heteroatoms. The number of fused-ring (bicyclic) bond motifs is 1. The van der Waals surface area contributed by atoms with Gasteiger partial charge in [0.15, 0.2) is 5.78 Å². The Labute approximate surface area is 70.8 Å². The number of carbonyl (C=O) groups is 1. The second kappa shape index (κ2) is 2.30. The molecule has 0 amide bonds. The van der Waals surface area contributed by atoms with Crippen molar-refractivity contribution in [3.63, 3.8) is 0 Å². The molecule has 1 aliphatic heterocycles. The maximum absolute atomic E-state index is 11.3. The summed E-state index contributed by atoms with van der Waals surface area (Å²) in [5.41, 5.74) is 3.49. The normalized spacial score (nSPS) is 14.3. The predicted molar refractivity (Wildman–Crippen MR) is 46.5 cm³/mol. The fraction of sp³-hybridized carbons (Fsp3) is 0.333. The lowest BCUT2D eigenvalue weighted by molar-refractivity contribution is 0.101. The molecule has 0 saturated heterocycles. The third-order valence-electron chi connectivity index (χ3n) is 2.05. The fourth-order valence-corrected chi connectivity index (χ4v) is 1.58. The van der Waals surface area contributed by atoms with Crippen molar-refractivity contribution in [2.75, 3.05) is 11.9 Å². The lowest BCUT2D eigenvalue weighted by atomic mass is 10.1. The van der Waals surface area contributed by atoms with E-state index in [1.165, 1.54) is 0 Å². The van der Waals surface area contributed by atoms with Crippen LogP contribution in [0.1, 0.15) is 21.7 Å². The molecule has 0 aliphatic carbocycles. The minimum Gasteiger partial charge on any atom is -0.377 e. The highest BCUT2D eigenvalue weighted by Crippen LogP contribution is 2.24. The van der Waals surface area contributed by atoms with Crippen molar-refractivity contribution in [3.8, 4) is 0 Å². The average Bonchev–Trinajstić information content (AvgIpc) is 2.31. The predicted octanol–water partition coefficient (Wildman–Crippen LogP) is 1.31. The number of aromatic nitrogens is 1. The number of ketones is 1. The Balaban J connectivity index is 2.68. The number of nitrogens with one attached hydrogen (secondary N) is 1. The maximum Gasteiger partial charge on any atom is 0.185 e. The van der Waals surface area contributed by atoms with Crippen LogP contribution >= 0.6 is 0 Å². The molecule has 0 saturated carbocycles. The maximum atomic E-state index is 11.3. The van der Waals surface area contributed by atoms with Gasteiger partial charge in [0.05, 0.1) is 17.8 Å². The Hall–Kier alpha value is -1.38. The van der Waals surface area contributed by atoms with E-state index >= 15 is 0 Å². The molecule has 0 atom stereocenters. The van der Waals surface area contributed by atoms with E-state index in [2.05, 4.69) is 10.3 Å². The van der Waals surface area contributed by atoms with Gasteiger partial charge in [0.2, 0.25) is 0 Å². The first-order valence-corrected chi connectivity index (χ1v) is 3.94. The van der Waals surface area contributed by atoms with Gasteiger partial charge in [-0.2, -0.15) is 0 Å². The summed E-state index contributed by atoms with van der Waals surface area (Å²) in [5, 5.41) is 3.04. The number of Topliss-reactive ketones (excluding diaryl/α,β-unsaturated/α-hetero) is 1. The van der Waals surface area contributed by atoms with Crippen LogP contribution < -0.4 is 5.32 Å². The number of carbonyl (C=O) groups excluding carboxylic acids is 1. The van der Waals surface area contributed by atoms with Gasteiger partial charge in [-0.3, -0.25) is 9.78 Å². The summed E-state index contributed by atoms with van der Waals surface area (Å²) in [5.74, 6) is 0.148. The van der Waals surface area contributed by atoms with Crippen molar-refractivity contribution in [1.29, 1.82) is 0 Å². The number of hydrogen-bond acceptors (Lipinski definition) is 3. The molecule has 3 nitrogen and oxygen atoms in total. The highest BCUT2D eigenvalue weighted by Gasteiger charge is 2.21. The number of pyridine rings is 1. The number of hydrogen-bond donors (Lipinski definition) is 1. The highest BCUT2D eigenvalue weighted by molar-refractivity contribution is 6.08. The van der Waals surface area contributed by atoms with Crippen molar-refractivity contribution in [2.24, 2.45) is 0 Å². The van der Waals surface area contributed by atoms with Crippen LogP contribution in [0.25, 0.3) is 0 Å². The summed E-state index contributed by atoms with van der Waals surface area (Å²) in [6.45, 7) is 4.22. The number of anilines is 1. The van der Waals surface area contributed by atoms with E-state index in [9.17, 15) is 4.79 Å². The molecule has 0 unspecified atom stereocenters. The Morgan fingerprint density at radius 3 is 3.00 bits per heavy atom. The van der Waals surface area contributed by atoms with Crippen LogP contribution in [0.4, 0.5) is 5.69 Å². The minimum absolute atomic E-state index is 0.148. The van der Waals surface area contributed by atoms with Gasteiger partial charge >= 0.3 is 0 Å². The van der Waals surface area contributed by atoms with Crippen molar-refractivity contribution in [3.05, 3.63) is 23.0 Å². The molecule has 0 fully saturated rings. The molecule has 1 N–H and O–H groups in total. The van der Waals surface area contributed by atoms with Crippen molar-refractivity contribution in [1.82, 2.24) is 4.98 Å². The standard InChI is InChI=1S/C9H10N2O/c1-5-3-7-9(6(2)11-5)8(12)4-10-7/h3,10H,4H2,1-2H3. The summed E-state index contributed by atoms with van der Waals surface area (Å²) < 4.78 is 0. The highest BCUT2D eigenvalue weighted by atomic mass is 16.1. The van der Waals surface area contributed by atoms with Crippen LogP contribution in [0.15, 0.2) is 6.07 Å². The molecule has 12 heavy (non-hydrogen) atoms. The van der Waals surface area contributed by atoms with Crippen LogP contribution in [0.3, 0.4) is 0 Å². The summed E-state index contributed by atoms with van der Waals surface area (Å²) in [7, 11) is 0. The van der Waals surface area contributed by atoms with Crippen LogP contribution in [0.2, 0.25) is 0 Å². The molecule has 1 aromatic heterocycles. The second-order valence-electron chi connectivity index (χ2n) is 3.05. The van der Waals surface area contributed by atoms with Gasteiger partial charge < -0.3 is 5.32 Å². The Kier molecular flexibility index (Phi) is 1.40. The van der Waals surface area contributed by atoms with E-state index in [-0.39, 0.29) is 5.78 Å². The van der Waals surface area contributed by atoms with Gasteiger partial charge in [-0.05, 0) is 19.9 Å². The zero-order chi connectivity index (χ0) is 8.72. The Bertz CT molecular complexity index is 358. The first-order chi connectivity index (χ1) is 5.68. The lowest BCUT2D eigenvalue weighted by Gasteiger charge is -2.02. The van der Waals surface area contributed by atoms with Crippen molar-refractivity contribution < 1.29 is 4.79 Å². The van der Waals surface area contributed by atoms with Crippen LogP contribution in [0, 0.1) is 13.8 Å². The van der Waals surface area contributed by atoms with Gasteiger partial charge in [-0.1, -0.05) is 0 Å². The van der Waals surface area contributed by atoms with Crippen molar-refractivity contribution in [2.45, 2.75) is 13.8 Å². The summed E-state index contributed by atoms with van der Waals surface area (Å²) in [6, 6.07) is 1.91. The van der Waals surface area contributed by atoms with E-state index < -0.39 is 0 Å². The number of aryl methyl sites for hydroxylation is 2. The topological polar surface area (TPSA) is 42.0 Å². The smallest absolute Gasteiger partial charge is 0.185 e. The number of nitrogens with zero attached hydrogens (tertiary/aromatic N) is 1. The first kappa shape index (κ1) is 7.28. The van der Waals surface area contributed by atoms with Gasteiger partial charge in [-0.15, -0.1) is 0 Å². The van der Waals surface area contributed by atoms with E-state index in [1.54, 1.807) is 0 Å². The third kappa shape index (κ3) is 0.897. The van der Waals surface area contributed by atoms with E-state index in [1.807, 2.05) is 19.9 Å².